The van der Waals surface area contributed by atoms with Crippen molar-refractivity contribution in [3.63, 3.8) is 0 Å². The molecule has 1 aliphatic heterocycles. The Balaban J connectivity index is 1.27. The Morgan fingerprint density at radius 2 is 1.66 bits per heavy atom. The highest BCUT2D eigenvalue weighted by Gasteiger charge is 2.16. The average Bonchev–Trinajstić information content (AvgIpc) is 3.56. The van der Waals surface area contributed by atoms with E-state index in [1.165, 1.54) is 5.56 Å². The number of piperazine rings is 1. The van der Waals surface area contributed by atoms with E-state index in [9.17, 15) is 0 Å². The number of rotatable bonds is 5. The molecule has 5 aromatic rings. The van der Waals surface area contributed by atoms with Gasteiger partial charge in [-0.3, -0.25) is 4.68 Å². The molecule has 1 N–H and O–H groups in total. The standard InChI is InChI=1S/C28H29N7/c1-20(21-6-4-3-5-7-21)35-19-24(17-32-35)26-18-31-28-25(26)14-23(16-30-28)22-8-9-27(29-15-22)34-12-10-33(2)11-13-34/h3-9,14-20H,10-13H2,1-2H3,(H,30,31). The second-order valence-corrected chi connectivity index (χ2v) is 9.31. The smallest absolute Gasteiger partial charge is 0.137 e. The first-order valence-electron chi connectivity index (χ1n) is 12.1. The van der Waals surface area contributed by atoms with E-state index in [1.54, 1.807) is 0 Å². The fraction of sp³-hybridized carbons (Fsp3) is 0.250. The lowest BCUT2D eigenvalue weighted by atomic mass is 10.1. The molecule has 0 bridgehead atoms. The number of hydrogen-bond donors (Lipinski definition) is 1. The third-order valence-corrected chi connectivity index (χ3v) is 7.03. The highest BCUT2D eigenvalue weighted by Crippen LogP contribution is 2.32. The lowest BCUT2D eigenvalue weighted by molar-refractivity contribution is 0.312. The molecule has 1 fully saturated rings. The summed E-state index contributed by atoms with van der Waals surface area (Å²) >= 11 is 0. The first kappa shape index (κ1) is 21.6. The summed E-state index contributed by atoms with van der Waals surface area (Å²) in [6.45, 7) is 6.33. The number of H-pyrrole nitrogens is 1. The summed E-state index contributed by atoms with van der Waals surface area (Å²) in [5.74, 6) is 1.04. The zero-order valence-electron chi connectivity index (χ0n) is 20.1. The Hall–Kier alpha value is -3.97. The minimum atomic E-state index is 0.161. The van der Waals surface area contributed by atoms with Gasteiger partial charge in [0.25, 0.3) is 0 Å². The van der Waals surface area contributed by atoms with Crippen LogP contribution in [0.1, 0.15) is 18.5 Å². The Kier molecular flexibility index (Phi) is 5.54. The number of aromatic nitrogens is 5. The Morgan fingerprint density at radius 1 is 0.857 bits per heavy atom. The van der Waals surface area contributed by atoms with Gasteiger partial charge in [-0.15, -0.1) is 0 Å². The van der Waals surface area contributed by atoms with E-state index in [0.717, 1.165) is 65.3 Å². The van der Waals surface area contributed by atoms with Crippen molar-refractivity contribution in [3.8, 4) is 22.3 Å². The van der Waals surface area contributed by atoms with Gasteiger partial charge in [-0.1, -0.05) is 30.3 Å². The van der Waals surface area contributed by atoms with E-state index in [-0.39, 0.29) is 6.04 Å². The summed E-state index contributed by atoms with van der Waals surface area (Å²) in [5, 5.41) is 5.74. The Labute approximate surface area is 205 Å². The van der Waals surface area contributed by atoms with Gasteiger partial charge in [0, 0.05) is 78.6 Å². The number of benzene rings is 1. The summed E-state index contributed by atoms with van der Waals surface area (Å²) in [4.78, 5) is 17.5. The fourth-order valence-corrected chi connectivity index (χ4v) is 4.75. The number of nitrogens with one attached hydrogen (secondary N) is 1. The van der Waals surface area contributed by atoms with Gasteiger partial charge in [0.1, 0.15) is 11.5 Å². The fourth-order valence-electron chi connectivity index (χ4n) is 4.75. The molecule has 1 aliphatic rings. The highest BCUT2D eigenvalue weighted by molar-refractivity contribution is 5.95. The first-order chi connectivity index (χ1) is 17.2. The van der Waals surface area contributed by atoms with E-state index < -0.39 is 0 Å². The molecule has 1 unspecified atom stereocenters. The summed E-state index contributed by atoms with van der Waals surface area (Å²) in [7, 11) is 2.17. The molecule has 0 spiro atoms. The van der Waals surface area contributed by atoms with Crippen LogP contribution in [0.4, 0.5) is 5.82 Å². The highest BCUT2D eigenvalue weighted by atomic mass is 15.3. The largest absolute Gasteiger partial charge is 0.354 e. The number of pyridine rings is 2. The normalized spacial score (nSPS) is 15.5. The quantitative estimate of drug-likeness (QED) is 0.404. The monoisotopic (exact) mass is 463 g/mol. The van der Waals surface area contributed by atoms with Crippen LogP contribution in [-0.2, 0) is 0 Å². The van der Waals surface area contributed by atoms with Gasteiger partial charge in [0.15, 0.2) is 0 Å². The summed E-state index contributed by atoms with van der Waals surface area (Å²) in [6, 6.07) is 17.1. The number of aromatic amines is 1. The van der Waals surface area contributed by atoms with E-state index >= 15 is 0 Å². The predicted octanol–water partition coefficient (Wildman–Crippen LogP) is 4.85. The Bertz CT molecular complexity index is 1430. The topological polar surface area (TPSA) is 65.9 Å². The molecule has 7 nitrogen and oxygen atoms in total. The third kappa shape index (κ3) is 4.19. The lowest BCUT2D eigenvalue weighted by Gasteiger charge is -2.33. The van der Waals surface area contributed by atoms with Gasteiger partial charge in [-0.25, -0.2) is 9.97 Å². The summed E-state index contributed by atoms with van der Waals surface area (Å²) in [5.41, 5.74) is 6.40. The maximum Gasteiger partial charge on any atom is 0.137 e. The molecule has 5 heterocycles. The van der Waals surface area contributed by atoms with E-state index in [1.807, 2.05) is 35.5 Å². The zero-order chi connectivity index (χ0) is 23.8. The van der Waals surface area contributed by atoms with E-state index in [2.05, 4.69) is 87.5 Å². The molecule has 0 amide bonds. The summed E-state index contributed by atoms with van der Waals surface area (Å²) < 4.78 is 2.02. The SMILES string of the molecule is CC(c1ccccc1)n1cc(-c2c[nH]c3ncc(-c4ccc(N5CCN(C)CC5)nc4)cc23)cn1. The summed E-state index contributed by atoms with van der Waals surface area (Å²) in [6.07, 6.45) is 9.93. The van der Waals surface area contributed by atoms with Crippen molar-refractivity contribution >= 4 is 16.9 Å². The minimum Gasteiger partial charge on any atom is -0.354 e. The predicted molar refractivity (Wildman–Crippen MR) is 141 cm³/mol. The van der Waals surface area contributed by atoms with Gasteiger partial charge in [0.2, 0.25) is 0 Å². The molecule has 1 aromatic carbocycles. The van der Waals surface area contributed by atoms with Crippen LogP contribution in [0.5, 0.6) is 0 Å². The van der Waals surface area contributed by atoms with Crippen LogP contribution in [0, 0.1) is 0 Å². The second-order valence-electron chi connectivity index (χ2n) is 9.31. The van der Waals surface area contributed by atoms with Crippen molar-refractivity contribution in [2.45, 2.75) is 13.0 Å². The number of anilines is 1. The third-order valence-electron chi connectivity index (χ3n) is 7.03. The van der Waals surface area contributed by atoms with Crippen molar-refractivity contribution in [2.75, 3.05) is 38.1 Å². The molecular formula is C28H29N7. The molecule has 4 aromatic heterocycles. The molecule has 1 atom stereocenters. The van der Waals surface area contributed by atoms with Crippen LogP contribution in [0.2, 0.25) is 0 Å². The molecule has 6 rings (SSSR count). The van der Waals surface area contributed by atoms with Crippen LogP contribution in [0.25, 0.3) is 33.3 Å². The number of likely N-dealkylation sites (N-methyl/N-ethyl adjacent to an activating group) is 1. The van der Waals surface area contributed by atoms with Gasteiger partial charge >= 0.3 is 0 Å². The molecule has 0 saturated carbocycles. The number of hydrogen-bond acceptors (Lipinski definition) is 5. The number of fused-ring (bicyclic) bond motifs is 1. The first-order valence-corrected chi connectivity index (χ1v) is 12.1. The van der Waals surface area contributed by atoms with Gasteiger partial charge in [0.05, 0.1) is 12.2 Å². The van der Waals surface area contributed by atoms with Gasteiger partial charge in [-0.05, 0) is 37.7 Å². The van der Waals surface area contributed by atoms with Crippen LogP contribution in [0.15, 0.2) is 79.5 Å². The van der Waals surface area contributed by atoms with Crippen molar-refractivity contribution in [1.29, 1.82) is 0 Å². The maximum absolute atomic E-state index is 4.76. The lowest BCUT2D eigenvalue weighted by Crippen LogP contribution is -2.44. The van der Waals surface area contributed by atoms with Crippen molar-refractivity contribution < 1.29 is 0 Å². The molecule has 0 aliphatic carbocycles. The zero-order valence-corrected chi connectivity index (χ0v) is 20.1. The van der Waals surface area contributed by atoms with Crippen LogP contribution >= 0.6 is 0 Å². The molecule has 176 valence electrons. The van der Waals surface area contributed by atoms with Crippen LogP contribution in [0.3, 0.4) is 0 Å². The molecular weight excluding hydrogens is 434 g/mol. The van der Waals surface area contributed by atoms with E-state index in [4.69, 9.17) is 4.98 Å². The number of nitrogens with zero attached hydrogens (tertiary/aromatic N) is 6. The van der Waals surface area contributed by atoms with E-state index in [0.29, 0.717) is 0 Å². The molecule has 7 heteroatoms. The molecule has 1 saturated heterocycles. The van der Waals surface area contributed by atoms with Crippen LogP contribution in [-0.4, -0.2) is 62.9 Å². The average molecular weight is 464 g/mol. The van der Waals surface area contributed by atoms with Gasteiger partial charge < -0.3 is 14.8 Å². The van der Waals surface area contributed by atoms with Gasteiger partial charge in [-0.2, -0.15) is 5.10 Å². The molecule has 0 radical (unpaired) electrons. The second kappa shape index (κ2) is 9.00. The van der Waals surface area contributed by atoms with Crippen molar-refractivity contribution in [1.82, 2.24) is 29.6 Å². The maximum atomic E-state index is 4.76. The Morgan fingerprint density at radius 3 is 2.43 bits per heavy atom. The minimum absolute atomic E-state index is 0.161. The van der Waals surface area contributed by atoms with Crippen molar-refractivity contribution in [2.24, 2.45) is 0 Å². The molecule has 35 heavy (non-hydrogen) atoms. The van der Waals surface area contributed by atoms with Crippen LogP contribution < -0.4 is 4.90 Å². The van der Waals surface area contributed by atoms with Crippen molar-refractivity contribution in [3.05, 3.63) is 85.1 Å².